The van der Waals surface area contributed by atoms with Gasteiger partial charge in [-0.05, 0) is 45.6 Å². The molecule has 2 saturated heterocycles. The number of aryl methyl sites for hydroxylation is 1. The molecular weight excluding hydrogens is 358 g/mol. The van der Waals surface area contributed by atoms with Crippen LogP contribution in [0.3, 0.4) is 0 Å². The molecule has 4 rings (SSSR count). The number of rotatable bonds is 5. The molecule has 0 bridgehead atoms. The molecule has 1 aliphatic carbocycles. The quantitative estimate of drug-likeness (QED) is 0.622. The molecule has 3 heterocycles. The van der Waals surface area contributed by atoms with Crippen LogP contribution in [-0.4, -0.2) is 52.0 Å². The average molecular weight is 387 g/mol. The Bertz CT molecular complexity index is 801. The molecule has 3 amide bonds. The Morgan fingerprint density at radius 1 is 1.21 bits per heavy atom. The van der Waals surface area contributed by atoms with Crippen LogP contribution in [0.25, 0.3) is 0 Å². The Morgan fingerprint density at radius 2 is 1.96 bits per heavy atom. The Labute approximate surface area is 165 Å². The summed E-state index contributed by atoms with van der Waals surface area (Å²) in [5, 5.41) is 2.87. The van der Waals surface area contributed by atoms with Crippen LogP contribution in [-0.2, 0) is 16.1 Å². The Balaban J connectivity index is 1.49. The standard InChI is InChI=1S/C21H29N3O4/c1-14-11-17(15(2)23(14)12-16-7-6-10-28-16)18(25)13-24-19(26)21(22-20(24)27)8-4-3-5-9-21/h11,16H,3-10,12-13H2,1-2H3,(H,22,27)/t16-/m1/s1. The van der Waals surface area contributed by atoms with Gasteiger partial charge in [0.1, 0.15) is 5.54 Å². The second-order valence-corrected chi connectivity index (χ2v) is 8.42. The molecule has 152 valence electrons. The number of hydrogen-bond acceptors (Lipinski definition) is 4. The molecule has 1 aromatic rings. The van der Waals surface area contributed by atoms with Gasteiger partial charge in [-0.1, -0.05) is 19.3 Å². The summed E-state index contributed by atoms with van der Waals surface area (Å²) in [6, 6.07) is 1.43. The van der Waals surface area contributed by atoms with Gasteiger partial charge in [0, 0.05) is 30.1 Å². The van der Waals surface area contributed by atoms with Gasteiger partial charge in [-0.3, -0.25) is 14.5 Å². The summed E-state index contributed by atoms with van der Waals surface area (Å²) in [4.78, 5) is 39.4. The summed E-state index contributed by atoms with van der Waals surface area (Å²) < 4.78 is 7.83. The van der Waals surface area contributed by atoms with Crippen LogP contribution < -0.4 is 5.32 Å². The summed E-state index contributed by atoms with van der Waals surface area (Å²) in [7, 11) is 0. The minimum Gasteiger partial charge on any atom is -0.376 e. The van der Waals surface area contributed by atoms with Gasteiger partial charge < -0.3 is 14.6 Å². The number of hydrogen-bond donors (Lipinski definition) is 1. The van der Waals surface area contributed by atoms with E-state index in [2.05, 4.69) is 9.88 Å². The van der Waals surface area contributed by atoms with Gasteiger partial charge in [-0.2, -0.15) is 0 Å². The highest BCUT2D eigenvalue weighted by atomic mass is 16.5. The SMILES string of the molecule is Cc1cc(C(=O)CN2C(=O)NC3(CCCCC3)C2=O)c(C)n1C[C@H]1CCCO1. The molecule has 2 aliphatic heterocycles. The molecule has 7 nitrogen and oxygen atoms in total. The zero-order valence-electron chi connectivity index (χ0n) is 16.8. The van der Waals surface area contributed by atoms with Crippen molar-refractivity contribution < 1.29 is 19.1 Å². The number of ether oxygens (including phenoxy) is 1. The van der Waals surface area contributed by atoms with Gasteiger partial charge in [0.25, 0.3) is 5.91 Å². The maximum absolute atomic E-state index is 13.0. The fraction of sp³-hybridized carbons (Fsp3) is 0.667. The van der Waals surface area contributed by atoms with E-state index in [9.17, 15) is 14.4 Å². The smallest absolute Gasteiger partial charge is 0.325 e. The number of nitrogens with zero attached hydrogens (tertiary/aromatic N) is 2. The van der Waals surface area contributed by atoms with E-state index in [4.69, 9.17) is 4.74 Å². The molecular formula is C21H29N3O4. The van der Waals surface area contributed by atoms with E-state index < -0.39 is 11.6 Å². The first-order valence-electron chi connectivity index (χ1n) is 10.4. The average Bonchev–Trinajstić information content (AvgIpc) is 3.34. The number of urea groups is 1. The van der Waals surface area contributed by atoms with Crippen LogP contribution in [0, 0.1) is 13.8 Å². The Hall–Kier alpha value is -2.15. The van der Waals surface area contributed by atoms with Crippen molar-refractivity contribution in [3.05, 3.63) is 23.0 Å². The molecule has 1 atom stereocenters. The summed E-state index contributed by atoms with van der Waals surface area (Å²) in [5.74, 6) is -0.429. The number of carbonyl (C=O) groups excluding carboxylic acids is 3. The maximum Gasteiger partial charge on any atom is 0.325 e. The second kappa shape index (κ2) is 7.35. The van der Waals surface area contributed by atoms with Crippen LogP contribution >= 0.6 is 0 Å². The summed E-state index contributed by atoms with van der Waals surface area (Å²) >= 11 is 0. The minimum absolute atomic E-state index is 0.185. The highest BCUT2D eigenvalue weighted by Crippen LogP contribution is 2.33. The highest BCUT2D eigenvalue weighted by molar-refractivity contribution is 6.11. The lowest BCUT2D eigenvalue weighted by Crippen LogP contribution is -2.48. The van der Waals surface area contributed by atoms with E-state index >= 15 is 0 Å². The van der Waals surface area contributed by atoms with Crippen LogP contribution in [0.5, 0.6) is 0 Å². The van der Waals surface area contributed by atoms with Gasteiger partial charge in [-0.15, -0.1) is 0 Å². The first-order valence-corrected chi connectivity index (χ1v) is 10.4. The summed E-state index contributed by atoms with van der Waals surface area (Å²) in [6.45, 7) is 5.23. The van der Waals surface area contributed by atoms with Crippen molar-refractivity contribution in [2.75, 3.05) is 13.2 Å². The third kappa shape index (κ3) is 3.26. The van der Waals surface area contributed by atoms with Gasteiger partial charge in [0.2, 0.25) is 0 Å². The number of ketones is 1. The van der Waals surface area contributed by atoms with E-state index in [1.807, 2.05) is 19.9 Å². The Kier molecular flexibility index (Phi) is 5.04. The van der Waals surface area contributed by atoms with Crippen molar-refractivity contribution in [2.24, 2.45) is 0 Å². The Morgan fingerprint density at radius 3 is 2.64 bits per heavy atom. The van der Waals surface area contributed by atoms with E-state index in [0.29, 0.717) is 18.4 Å². The fourth-order valence-electron chi connectivity index (χ4n) is 4.90. The van der Waals surface area contributed by atoms with E-state index in [-0.39, 0.29) is 24.3 Å². The first kappa shape index (κ1) is 19.2. The van der Waals surface area contributed by atoms with Crippen LogP contribution in [0.15, 0.2) is 6.07 Å². The van der Waals surface area contributed by atoms with Crippen molar-refractivity contribution in [3.8, 4) is 0 Å². The third-order valence-electron chi connectivity index (χ3n) is 6.54. The van der Waals surface area contributed by atoms with Crippen molar-refractivity contribution in [3.63, 3.8) is 0 Å². The monoisotopic (exact) mass is 387 g/mol. The van der Waals surface area contributed by atoms with Gasteiger partial charge in [0.15, 0.2) is 5.78 Å². The normalized spacial score (nSPS) is 24.2. The molecule has 28 heavy (non-hydrogen) atoms. The highest BCUT2D eigenvalue weighted by Gasteiger charge is 2.51. The van der Waals surface area contributed by atoms with Crippen molar-refractivity contribution in [1.82, 2.24) is 14.8 Å². The van der Waals surface area contributed by atoms with Crippen LogP contribution in [0.2, 0.25) is 0 Å². The predicted octanol–water partition coefficient (Wildman–Crippen LogP) is 2.72. The maximum atomic E-state index is 13.0. The van der Waals surface area contributed by atoms with E-state index in [1.54, 1.807) is 0 Å². The van der Waals surface area contributed by atoms with Gasteiger partial charge >= 0.3 is 6.03 Å². The second-order valence-electron chi connectivity index (χ2n) is 8.42. The molecule has 1 spiro atoms. The fourth-order valence-corrected chi connectivity index (χ4v) is 4.90. The van der Waals surface area contributed by atoms with E-state index in [0.717, 1.165) is 61.5 Å². The summed E-state index contributed by atoms with van der Waals surface area (Å²) in [6.07, 6.45) is 6.56. The van der Waals surface area contributed by atoms with Gasteiger partial charge in [-0.25, -0.2) is 4.79 Å². The lowest BCUT2D eigenvalue weighted by Gasteiger charge is -2.30. The molecule has 0 unspecified atom stereocenters. The molecule has 1 aromatic heterocycles. The molecule has 1 saturated carbocycles. The van der Waals surface area contributed by atoms with Gasteiger partial charge in [0.05, 0.1) is 12.6 Å². The largest absolute Gasteiger partial charge is 0.376 e. The minimum atomic E-state index is -0.785. The third-order valence-corrected chi connectivity index (χ3v) is 6.54. The summed E-state index contributed by atoms with van der Waals surface area (Å²) in [5.41, 5.74) is 1.67. The molecule has 3 aliphatic rings. The number of aromatic nitrogens is 1. The predicted molar refractivity (Wildman–Crippen MR) is 103 cm³/mol. The lowest BCUT2D eigenvalue weighted by atomic mass is 9.82. The number of imide groups is 1. The number of carbonyl (C=O) groups is 3. The molecule has 0 aromatic carbocycles. The number of Topliss-reactive ketones (excluding diaryl/α,β-unsaturated/α-hetero) is 1. The van der Waals surface area contributed by atoms with Crippen LogP contribution in [0.4, 0.5) is 4.79 Å². The topological polar surface area (TPSA) is 80.6 Å². The van der Waals surface area contributed by atoms with Crippen molar-refractivity contribution >= 4 is 17.7 Å². The lowest BCUT2D eigenvalue weighted by molar-refractivity contribution is -0.132. The zero-order valence-corrected chi connectivity index (χ0v) is 16.8. The number of nitrogens with one attached hydrogen (secondary N) is 1. The van der Waals surface area contributed by atoms with Crippen molar-refractivity contribution in [1.29, 1.82) is 0 Å². The van der Waals surface area contributed by atoms with Crippen molar-refractivity contribution in [2.45, 2.75) is 77.0 Å². The van der Waals surface area contributed by atoms with E-state index in [1.165, 1.54) is 0 Å². The number of amides is 3. The molecule has 0 radical (unpaired) electrons. The molecule has 7 heteroatoms. The molecule has 1 N–H and O–H groups in total. The van der Waals surface area contributed by atoms with Crippen LogP contribution in [0.1, 0.15) is 66.7 Å². The first-order chi connectivity index (χ1) is 13.4. The molecule has 3 fully saturated rings. The zero-order chi connectivity index (χ0) is 19.9.